The van der Waals surface area contributed by atoms with E-state index < -0.39 is 16.4 Å². The van der Waals surface area contributed by atoms with Gasteiger partial charge in [0.25, 0.3) is 11.2 Å². The number of rotatable bonds is 5. The van der Waals surface area contributed by atoms with Gasteiger partial charge in [0.15, 0.2) is 5.13 Å². The standard InChI is InChI=1S/C15H11N5O4S/c21-13(17-15-16-6-7-25-15)9-19-14(22)5-4-12(18-19)10-2-1-3-11(8-10)20(23)24/h1-8H,9H2,(H,16,17,21). The van der Waals surface area contributed by atoms with Crippen LogP contribution in [0.2, 0.25) is 0 Å². The summed E-state index contributed by atoms with van der Waals surface area (Å²) >= 11 is 1.26. The lowest BCUT2D eigenvalue weighted by molar-refractivity contribution is -0.384. The van der Waals surface area contributed by atoms with Gasteiger partial charge in [-0.25, -0.2) is 9.67 Å². The second-order valence-corrected chi connectivity index (χ2v) is 5.80. The number of benzene rings is 1. The van der Waals surface area contributed by atoms with Crippen LogP contribution in [0.5, 0.6) is 0 Å². The van der Waals surface area contributed by atoms with Gasteiger partial charge in [-0.2, -0.15) is 5.10 Å². The van der Waals surface area contributed by atoms with Crippen LogP contribution in [-0.2, 0) is 11.3 Å². The monoisotopic (exact) mass is 357 g/mol. The summed E-state index contributed by atoms with van der Waals surface area (Å²) in [5, 5.41) is 19.7. The Kier molecular flexibility index (Phi) is 4.61. The van der Waals surface area contributed by atoms with Gasteiger partial charge in [0.1, 0.15) is 6.54 Å². The van der Waals surface area contributed by atoms with Crippen molar-refractivity contribution in [3.63, 3.8) is 0 Å². The minimum atomic E-state index is -0.513. The van der Waals surface area contributed by atoms with Crippen LogP contribution in [0.15, 0.2) is 52.8 Å². The van der Waals surface area contributed by atoms with Crippen LogP contribution in [0.4, 0.5) is 10.8 Å². The highest BCUT2D eigenvalue weighted by molar-refractivity contribution is 7.13. The smallest absolute Gasteiger partial charge is 0.270 e. The number of non-ortho nitro benzene ring substituents is 1. The molecule has 0 aliphatic rings. The van der Waals surface area contributed by atoms with E-state index in [1.165, 1.54) is 41.7 Å². The molecule has 2 heterocycles. The third-order valence-corrected chi connectivity index (χ3v) is 3.88. The Balaban J connectivity index is 1.85. The molecule has 0 bridgehead atoms. The molecule has 0 spiro atoms. The van der Waals surface area contributed by atoms with Crippen molar-refractivity contribution in [2.24, 2.45) is 0 Å². The molecule has 2 aromatic heterocycles. The first kappa shape index (κ1) is 16.5. The van der Waals surface area contributed by atoms with E-state index in [4.69, 9.17) is 0 Å². The first-order valence-electron chi connectivity index (χ1n) is 7.05. The summed E-state index contributed by atoms with van der Waals surface area (Å²) in [5.41, 5.74) is 0.288. The number of nitro benzene ring substituents is 1. The summed E-state index contributed by atoms with van der Waals surface area (Å²) in [6.07, 6.45) is 1.55. The lowest BCUT2D eigenvalue weighted by atomic mass is 10.1. The molecular weight excluding hydrogens is 346 g/mol. The first-order valence-corrected chi connectivity index (χ1v) is 7.93. The van der Waals surface area contributed by atoms with Crippen molar-refractivity contribution in [1.82, 2.24) is 14.8 Å². The normalized spacial score (nSPS) is 10.4. The lowest BCUT2D eigenvalue weighted by Crippen LogP contribution is -2.29. The Hall–Kier alpha value is -3.40. The largest absolute Gasteiger partial charge is 0.300 e. The summed E-state index contributed by atoms with van der Waals surface area (Å²) in [4.78, 5) is 38.2. The van der Waals surface area contributed by atoms with Crippen molar-refractivity contribution in [1.29, 1.82) is 0 Å². The van der Waals surface area contributed by atoms with E-state index in [-0.39, 0.29) is 12.2 Å². The van der Waals surface area contributed by atoms with E-state index in [1.54, 1.807) is 17.6 Å². The van der Waals surface area contributed by atoms with Gasteiger partial charge in [-0.3, -0.25) is 19.7 Å². The van der Waals surface area contributed by atoms with Gasteiger partial charge in [0, 0.05) is 35.3 Å². The van der Waals surface area contributed by atoms with Crippen LogP contribution in [0.1, 0.15) is 0 Å². The maximum absolute atomic E-state index is 12.0. The molecular formula is C15H11N5O4S. The Labute approximate surface area is 144 Å². The number of anilines is 1. The van der Waals surface area contributed by atoms with Gasteiger partial charge < -0.3 is 5.32 Å². The Morgan fingerprint density at radius 2 is 2.16 bits per heavy atom. The average molecular weight is 357 g/mol. The van der Waals surface area contributed by atoms with E-state index in [9.17, 15) is 19.7 Å². The second kappa shape index (κ2) is 7.01. The zero-order valence-corrected chi connectivity index (χ0v) is 13.5. The number of amides is 1. The number of hydrogen-bond acceptors (Lipinski definition) is 7. The lowest BCUT2D eigenvalue weighted by Gasteiger charge is -2.07. The van der Waals surface area contributed by atoms with E-state index in [2.05, 4.69) is 15.4 Å². The Bertz CT molecular complexity index is 984. The van der Waals surface area contributed by atoms with Crippen LogP contribution in [0.3, 0.4) is 0 Å². The Morgan fingerprint density at radius 1 is 1.32 bits per heavy atom. The minimum Gasteiger partial charge on any atom is -0.300 e. The maximum atomic E-state index is 12.0. The molecule has 1 aromatic carbocycles. The highest BCUT2D eigenvalue weighted by Crippen LogP contribution is 2.21. The van der Waals surface area contributed by atoms with Crippen LogP contribution >= 0.6 is 11.3 Å². The van der Waals surface area contributed by atoms with E-state index >= 15 is 0 Å². The van der Waals surface area contributed by atoms with Gasteiger partial charge in [-0.1, -0.05) is 12.1 Å². The molecule has 3 rings (SSSR count). The van der Waals surface area contributed by atoms with Crippen molar-refractivity contribution in [3.05, 3.63) is 68.4 Å². The molecule has 3 aromatic rings. The molecule has 9 nitrogen and oxygen atoms in total. The molecule has 25 heavy (non-hydrogen) atoms. The molecule has 0 atom stereocenters. The number of hydrogen-bond donors (Lipinski definition) is 1. The third kappa shape index (κ3) is 3.93. The molecule has 0 saturated carbocycles. The summed E-state index contributed by atoms with van der Waals surface area (Å²) < 4.78 is 0.997. The maximum Gasteiger partial charge on any atom is 0.270 e. The fourth-order valence-corrected chi connectivity index (χ4v) is 2.62. The van der Waals surface area contributed by atoms with Gasteiger partial charge in [-0.15, -0.1) is 11.3 Å². The predicted molar refractivity (Wildman–Crippen MR) is 91.3 cm³/mol. The van der Waals surface area contributed by atoms with Crippen molar-refractivity contribution >= 4 is 28.1 Å². The molecule has 10 heteroatoms. The highest BCUT2D eigenvalue weighted by atomic mass is 32.1. The van der Waals surface area contributed by atoms with Crippen LogP contribution < -0.4 is 10.9 Å². The predicted octanol–water partition coefficient (Wildman–Crippen LogP) is 1.91. The molecule has 0 aliphatic heterocycles. The summed E-state index contributed by atoms with van der Waals surface area (Å²) in [7, 11) is 0. The van der Waals surface area contributed by atoms with Crippen molar-refractivity contribution in [2.75, 3.05) is 5.32 Å². The number of carbonyl (C=O) groups is 1. The van der Waals surface area contributed by atoms with Crippen LogP contribution in [0.25, 0.3) is 11.3 Å². The highest BCUT2D eigenvalue weighted by Gasteiger charge is 2.11. The quantitative estimate of drug-likeness (QED) is 0.550. The molecule has 1 N–H and O–H groups in total. The molecule has 0 radical (unpaired) electrons. The van der Waals surface area contributed by atoms with Crippen molar-refractivity contribution < 1.29 is 9.72 Å². The Morgan fingerprint density at radius 3 is 2.88 bits per heavy atom. The van der Waals surface area contributed by atoms with Gasteiger partial charge in [-0.05, 0) is 6.07 Å². The van der Waals surface area contributed by atoms with E-state index in [0.717, 1.165) is 4.68 Å². The zero-order valence-electron chi connectivity index (χ0n) is 12.7. The SMILES string of the molecule is O=C(Cn1nc(-c2cccc([N+](=O)[O-])c2)ccc1=O)Nc1nccs1. The van der Waals surface area contributed by atoms with Crippen LogP contribution in [0, 0.1) is 10.1 Å². The molecule has 126 valence electrons. The summed E-state index contributed by atoms with van der Waals surface area (Å²) in [6, 6.07) is 8.60. The second-order valence-electron chi connectivity index (χ2n) is 4.91. The van der Waals surface area contributed by atoms with Crippen LogP contribution in [-0.4, -0.2) is 25.6 Å². The molecule has 1 amide bonds. The number of carbonyl (C=O) groups excluding carboxylic acids is 1. The van der Waals surface area contributed by atoms with E-state index in [1.807, 2.05) is 0 Å². The van der Waals surface area contributed by atoms with Crippen molar-refractivity contribution in [2.45, 2.75) is 6.54 Å². The first-order chi connectivity index (χ1) is 12.0. The number of nitro groups is 1. The fourth-order valence-electron chi connectivity index (χ4n) is 2.07. The number of thiazole rings is 1. The summed E-state index contributed by atoms with van der Waals surface area (Å²) in [6.45, 7) is -0.290. The third-order valence-electron chi connectivity index (χ3n) is 3.19. The molecule has 0 unspecified atom stereocenters. The van der Waals surface area contributed by atoms with Gasteiger partial charge >= 0.3 is 0 Å². The zero-order chi connectivity index (χ0) is 17.8. The number of nitrogens with one attached hydrogen (secondary N) is 1. The van der Waals surface area contributed by atoms with Gasteiger partial charge in [0.2, 0.25) is 5.91 Å². The molecule has 0 saturated heterocycles. The van der Waals surface area contributed by atoms with E-state index in [0.29, 0.717) is 16.4 Å². The van der Waals surface area contributed by atoms with Crippen molar-refractivity contribution in [3.8, 4) is 11.3 Å². The number of aromatic nitrogens is 3. The van der Waals surface area contributed by atoms with Gasteiger partial charge in [0.05, 0.1) is 10.6 Å². The topological polar surface area (TPSA) is 120 Å². The summed E-state index contributed by atoms with van der Waals surface area (Å²) in [5.74, 6) is -0.444. The number of nitrogens with zero attached hydrogens (tertiary/aromatic N) is 4. The average Bonchev–Trinajstić information content (AvgIpc) is 3.09. The molecule has 0 fully saturated rings. The molecule has 0 aliphatic carbocycles. The minimum absolute atomic E-state index is 0.0847. The fraction of sp³-hybridized carbons (Fsp3) is 0.0667.